The molecule has 120 valence electrons. The number of carboxylic acid groups (broad SMARTS) is 1. The maximum Gasteiger partial charge on any atom is 0.308 e. The van der Waals surface area contributed by atoms with Crippen LogP contribution in [0.15, 0.2) is 33.5 Å². The van der Waals surface area contributed by atoms with Gasteiger partial charge in [0.2, 0.25) is 5.56 Å². The molecule has 1 saturated heterocycles. The third-order valence-electron chi connectivity index (χ3n) is 4.09. The fourth-order valence-electron chi connectivity index (χ4n) is 2.94. The Kier molecular flexibility index (Phi) is 4.21. The molecule has 0 saturated carbocycles. The number of aromatic nitrogens is 1. The minimum absolute atomic E-state index is 0.177. The molecule has 1 aliphatic rings. The van der Waals surface area contributed by atoms with Gasteiger partial charge in [0.25, 0.3) is 5.91 Å². The van der Waals surface area contributed by atoms with Crippen molar-refractivity contribution < 1.29 is 14.7 Å². The number of H-pyrrole nitrogens is 1. The standard InChI is InChI=1S/C16H15BrN2O4/c17-10-3-4-13-11(6-10)12(7-14(20)18-13)15(21)19-5-1-2-9(8-19)16(22)23/h3-4,6-7,9H,1-2,5,8H2,(H,18,20)(H,22,23). The third-order valence-corrected chi connectivity index (χ3v) is 4.59. The van der Waals surface area contributed by atoms with E-state index in [2.05, 4.69) is 20.9 Å². The van der Waals surface area contributed by atoms with Crippen LogP contribution in [0.2, 0.25) is 0 Å². The minimum atomic E-state index is -0.888. The van der Waals surface area contributed by atoms with Gasteiger partial charge in [0, 0.05) is 34.5 Å². The summed E-state index contributed by atoms with van der Waals surface area (Å²) in [5.74, 6) is -1.74. The fraction of sp³-hybridized carbons (Fsp3) is 0.312. The number of piperidine rings is 1. The SMILES string of the molecule is O=C(O)C1CCCN(C(=O)c2cc(=O)[nH]c3ccc(Br)cc23)C1. The van der Waals surface area contributed by atoms with Crippen LogP contribution < -0.4 is 5.56 Å². The van der Waals surface area contributed by atoms with Crippen LogP contribution in [-0.2, 0) is 4.79 Å². The van der Waals surface area contributed by atoms with Crippen molar-refractivity contribution in [3.8, 4) is 0 Å². The van der Waals surface area contributed by atoms with E-state index in [0.717, 1.165) is 4.47 Å². The summed E-state index contributed by atoms with van der Waals surface area (Å²) in [6.07, 6.45) is 1.22. The summed E-state index contributed by atoms with van der Waals surface area (Å²) >= 11 is 3.36. The number of hydrogen-bond acceptors (Lipinski definition) is 3. The topological polar surface area (TPSA) is 90.5 Å². The van der Waals surface area contributed by atoms with Gasteiger partial charge in [0.1, 0.15) is 0 Å². The van der Waals surface area contributed by atoms with Crippen molar-refractivity contribution in [1.29, 1.82) is 0 Å². The van der Waals surface area contributed by atoms with Gasteiger partial charge < -0.3 is 15.0 Å². The van der Waals surface area contributed by atoms with Gasteiger partial charge in [-0.3, -0.25) is 14.4 Å². The Bertz CT molecular complexity index is 846. The Morgan fingerprint density at radius 1 is 1.30 bits per heavy atom. The van der Waals surface area contributed by atoms with Gasteiger partial charge in [0.15, 0.2) is 0 Å². The van der Waals surface area contributed by atoms with Crippen LogP contribution in [0, 0.1) is 5.92 Å². The van der Waals surface area contributed by atoms with Crippen LogP contribution in [0.5, 0.6) is 0 Å². The monoisotopic (exact) mass is 378 g/mol. The molecule has 7 heteroatoms. The first-order chi connectivity index (χ1) is 11.0. The zero-order chi connectivity index (χ0) is 16.6. The zero-order valence-corrected chi connectivity index (χ0v) is 13.8. The highest BCUT2D eigenvalue weighted by Crippen LogP contribution is 2.24. The number of pyridine rings is 1. The first-order valence-corrected chi connectivity index (χ1v) is 8.09. The number of likely N-dealkylation sites (tertiary alicyclic amines) is 1. The van der Waals surface area contributed by atoms with Gasteiger partial charge >= 0.3 is 5.97 Å². The van der Waals surface area contributed by atoms with Crippen LogP contribution in [0.25, 0.3) is 10.9 Å². The van der Waals surface area contributed by atoms with Crippen molar-refractivity contribution in [2.24, 2.45) is 5.92 Å². The number of rotatable bonds is 2. The van der Waals surface area contributed by atoms with Crippen molar-refractivity contribution >= 4 is 38.7 Å². The molecule has 3 rings (SSSR count). The van der Waals surface area contributed by atoms with Crippen molar-refractivity contribution in [3.05, 3.63) is 44.7 Å². The summed E-state index contributed by atoms with van der Waals surface area (Å²) in [7, 11) is 0. The number of nitrogens with one attached hydrogen (secondary N) is 1. The molecule has 1 amide bonds. The highest BCUT2D eigenvalue weighted by atomic mass is 79.9. The Morgan fingerprint density at radius 3 is 2.83 bits per heavy atom. The van der Waals surface area contributed by atoms with Crippen LogP contribution in [0.4, 0.5) is 0 Å². The lowest BCUT2D eigenvalue weighted by molar-refractivity contribution is -0.143. The summed E-state index contributed by atoms with van der Waals surface area (Å²) in [4.78, 5) is 40.0. The predicted molar refractivity (Wildman–Crippen MR) is 88.5 cm³/mol. The lowest BCUT2D eigenvalue weighted by atomic mass is 9.97. The van der Waals surface area contributed by atoms with Crippen molar-refractivity contribution in [2.45, 2.75) is 12.8 Å². The van der Waals surface area contributed by atoms with Crippen LogP contribution in [0.3, 0.4) is 0 Å². The maximum atomic E-state index is 12.8. The van der Waals surface area contributed by atoms with Crippen molar-refractivity contribution in [3.63, 3.8) is 0 Å². The lowest BCUT2D eigenvalue weighted by Gasteiger charge is -2.31. The number of carbonyl (C=O) groups is 2. The smallest absolute Gasteiger partial charge is 0.308 e. The molecule has 1 aromatic carbocycles. The molecule has 2 aromatic rings. The second-order valence-electron chi connectivity index (χ2n) is 5.67. The summed E-state index contributed by atoms with van der Waals surface area (Å²) in [6, 6.07) is 6.57. The Hall–Kier alpha value is -2.15. The molecule has 0 aliphatic carbocycles. The van der Waals surface area contributed by atoms with Crippen LogP contribution >= 0.6 is 15.9 Å². The van der Waals surface area contributed by atoms with Crippen LogP contribution in [0.1, 0.15) is 23.2 Å². The third kappa shape index (κ3) is 3.14. The van der Waals surface area contributed by atoms with Crippen molar-refractivity contribution in [2.75, 3.05) is 13.1 Å². The van der Waals surface area contributed by atoms with E-state index < -0.39 is 11.9 Å². The Balaban J connectivity index is 2.02. The molecule has 1 aliphatic heterocycles. The fourth-order valence-corrected chi connectivity index (χ4v) is 3.30. The molecular weight excluding hydrogens is 364 g/mol. The summed E-state index contributed by atoms with van der Waals surface area (Å²) in [5, 5.41) is 9.80. The van der Waals surface area contributed by atoms with E-state index in [1.807, 2.05) is 0 Å². The molecular formula is C16H15BrN2O4. The van der Waals surface area contributed by atoms with E-state index in [9.17, 15) is 14.4 Å². The minimum Gasteiger partial charge on any atom is -0.481 e. The molecule has 1 atom stereocenters. The van der Waals surface area contributed by atoms with E-state index in [-0.39, 0.29) is 18.0 Å². The van der Waals surface area contributed by atoms with E-state index in [4.69, 9.17) is 5.11 Å². The zero-order valence-electron chi connectivity index (χ0n) is 12.2. The number of benzene rings is 1. The number of carbonyl (C=O) groups excluding carboxylic acids is 1. The summed E-state index contributed by atoms with van der Waals surface area (Å²) in [6.45, 7) is 0.682. The average Bonchev–Trinajstić information content (AvgIpc) is 2.54. The predicted octanol–water partition coefficient (Wildman–Crippen LogP) is 2.23. The normalized spacial score (nSPS) is 18.1. The molecule has 2 N–H and O–H groups in total. The van der Waals surface area contributed by atoms with E-state index >= 15 is 0 Å². The number of amides is 1. The molecule has 23 heavy (non-hydrogen) atoms. The molecule has 0 radical (unpaired) electrons. The number of aromatic amines is 1. The quantitative estimate of drug-likeness (QED) is 0.837. The van der Waals surface area contributed by atoms with Gasteiger partial charge in [-0.2, -0.15) is 0 Å². The largest absolute Gasteiger partial charge is 0.481 e. The first-order valence-electron chi connectivity index (χ1n) is 7.30. The highest BCUT2D eigenvalue weighted by molar-refractivity contribution is 9.10. The molecule has 1 aromatic heterocycles. The van der Waals surface area contributed by atoms with Gasteiger partial charge in [-0.05, 0) is 31.0 Å². The Labute approximate surface area is 140 Å². The molecule has 0 spiro atoms. The maximum absolute atomic E-state index is 12.8. The van der Waals surface area contributed by atoms with E-state index in [1.165, 1.54) is 11.0 Å². The lowest BCUT2D eigenvalue weighted by Crippen LogP contribution is -2.42. The molecule has 6 nitrogen and oxygen atoms in total. The van der Waals surface area contributed by atoms with E-state index in [0.29, 0.717) is 35.9 Å². The number of hydrogen-bond donors (Lipinski definition) is 2. The number of aliphatic carboxylic acids is 1. The average molecular weight is 379 g/mol. The van der Waals surface area contributed by atoms with Gasteiger partial charge in [-0.25, -0.2) is 0 Å². The van der Waals surface area contributed by atoms with Gasteiger partial charge in [0.05, 0.1) is 11.5 Å². The number of halogens is 1. The molecule has 1 fully saturated rings. The summed E-state index contributed by atoms with van der Waals surface area (Å²) < 4.78 is 0.799. The first kappa shape index (κ1) is 15.7. The van der Waals surface area contributed by atoms with Crippen LogP contribution in [-0.4, -0.2) is 40.0 Å². The van der Waals surface area contributed by atoms with E-state index in [1.54, 1.807) is 18.2 Å². The van der Waals surface area contributed by atoms with Gasteiger partial charge in [-0.1, -0.05) is 15.9 Å². The summed E-state index contributed by atoms with van der Waals surface area (Å²) in [5.41, 5.74) is 0.530. The number of nitrogens with zero attached hydrogens (tertiary/aromatic N) is 1. The molecule has 2 heterocycles. The van der Waals surface area contributed by atoms with Gasteiger partial charge in [-0.15, -0.1) is 0 Å². The second kappa shape index (κ2) is 6.16. The number of carboxylic acids is 1. The Morgan fingerprint density at radius 2 is 2.09 bits per heavy atom. The highest BCUT2D eigenvalue weighted by Gasteiger charge is 2.29. The van der Waals surface area contributed by atoms with Crippen molar-refractivity contribution in [1.82, 2.24) is 9.88 Å². The second-order valence-corrected chi connectivity index (χ2v) is 6.58. The number of fused-ring (bicyclic) bond motifs is 1. The molecule has 0 bridgehead atoms. The molecule has 1 unspecified atom stereocenters.